The number of aliphatic hydroxyl groups excluding tert-OH is 2. The topological polar surface area (TPSA) is 459 Å². The molecule has 6 fully saturated rings. The standard InChI is InChI=1S/C80H138N10O25/c1-57(91)87-60-29-33-78(54-110-73(60)113-78)51-104-40-18-15-25-64(97)81-34-21-37-84-67(100)30-43-107-48-77(90-70(103)28-14-12-10-8-7-9-11-13-24-63(96)76(4,5)6,49-108-44-31-68(101)85-38-22-35-82-65(98)26-16-19-41-105-52-79-46-61(94)71(88-58(2)92)74(114-79)111-55-79)50-109-45-32-69(102)86-39-23-36-83-66(99)27-17-20-42-106-53-80-47-62(95)72(89-59(3)93)75(115-80)112-56-80/h60-62,71-75,94-95H,7-56H2,1-6H3,(H,81,97)(H,82,98)(H,83,99)(H,84,100)(H,85,101)(H,86,102)(H,87,91)(H,88,92)(H,89,93)(H,90,103)/t60-,61+,62+,71-,72-,73-,74-,75-,78+,79+,80+/m1/s1. The molecule has 12 N–H and O–H groups in total. The summed E-state index contributed by atoms with van der Waals surface area (Å²) in [6.45, 7) is 14.0. The summed E-state index contributed by atoms with van der Waals surface area (Å²) in [7, 11) is 0. The Morgan fingerprint density at radius 1 is 0.365 bits per heavy atom. The molecule has 6 bridgehead atoms. The maximum atomic E-state index is 14.0. The highest BCUT2D eigenvalue weighted by Gasteiger charge is 2.55. The van der Waals surface area contributed by atoms with Crippen LogP contribution in [0.3, 0.4) is 0 Å². The van der Waals surface area contributed by atoms with Crippen LogP contribution in [-0.2, 0) is 110 Å². The largest absolute Gasteiger partial charge is 0.391 e. The molecular weight excluding hydrogens is 1500 g/mol. The van der Waals surface area contributed by atoms with Gasteiger partial charge in [-0.3, -0.25) is 52.7 Å². The number of rotatable bonds is 63. The average molecular weight is 1640 g/mol. The molecule has 0 aliphatic carbocycles. The van der Waals surface area contributed by atoms with E-state index in [0.717, 1.165) is 51.4 Å². The highest BCUT2D eigenvalue weighted by Crippen LogP contribution is 2.39. The molecule has 0 spiro atoms. The molecule has 0 radical (unpaired) electrons. The molecule has 6 saturated heterocycles. The first-order chi connectivity index (χ1) is 55.1. The maximum absolute atomic E-state index is 14.0. The van der Waals surface area contributed by atoms with Crippen molar-refractivity contribution in [1.29, 1.82) is 0 Å². The van der Waals surface area contributed by atoms with Gasteiger partial charge in [0.1, 0.15) is 40.2 Å². The first kappa shape index (κ1) is 97.6. The van der Waals surface area contributed by atoms with Gasteiger partial charge in [-0.05, 0) is 83.5 Å². The van der Waals surface area contributed by atoms with E-state index in [9.17, 15) is 63.0 Å². The number of ketones is 1. The molecule has 10 amide bonds. The number of aliphatic hydroxyl groups is 2. The molecule has 115 heavy (non-hydrogen) atoms. The van der Waals surface area contributed by atoms with Crippen molar-refractivity contribution in [1.82, 2.24) is 53.2 Å². The van der Waals surface area contributed by atoms with E-state index in [-0.39, 0.29) is 207 Å². The summed E-state index contributed by atoms with van der Waals surface area (Å²) >= 11 is 0. The molecular formula is C80H138N10O25. The molecule has 0 aromatic carbocycles. The number of carbonyl (C=O) groups excluding carboxylic acids is 11. The van der Waals surface area contributed by atoms with Crippen molar-refractivity contribution in [2.45, 2.75) is 299 Å². The third kappa shape index (κ3) is 38.6. The molecule has 6 aliphatic heterocycles. The second-order valence-electron chi connectivity index (χ2n) is 32.7. The van der Waals surface area contributed by atoms with E-state index in [2.05, 4.69) is 53.2 Å². The Kier molecular flexibility index (Phi) is 44.7. The van der Waals surface area contributed by atoms with Crippen molar-refractivity contribution in [3.63, 3.8) is 0 Å². The van der Waals surface area contributed by atoms with Crippen LogP contribution in [0, 0.1) is 5.41 Å². The predicted octanol–water partition coefficient (Wildman–Crippen LogP) is 2.18. The van der Waals surface area contributed by atoms with Crippen LogP contribution in [0.2, 0.25) is 0 Å². The summed E-state index contributed by atoms with van der Waals surface area (Å²) in [5.41, 5.74) is -3.82. The summed E-state index contributed by atoms with van der Waals surface area (Å²) in [6.07, 6.45) is 12.1. The lowest BCUT2D eigenvalue weighted by Crippen LogP contribution is -2.58. The van der Waals surface area contributed by atoms with Crippen LogP contribution < -0.4 is 53.2 Å². The van der Waals surface area contributed by atoms with Crippen molar-refractivity contribution < 1.29 is 120 Å². The number of hydrogen-bond donors (Lipinski definition) is 12. The van der Waals surface area contributed by atoms with Crippen LogP contribution in [0.25, 0.3) is 0 Å². The maximum Gasteiger partial charge on any atom is 0.222 e. The number of ether oxygens (including phenoxy) is 12. The Morgan fingerprint density at radius 2 is 0.687 bits per heavy atom. The fraction of sp³-hybridized carbons (Fsp3) is 0.863. The molecule has 0 saturated carbocycles. The smallest absolute Gasteiger partial charge is 0.222 e. The molecule has 6 aliphatic rings. The van der Waals surface area contributed by atoms with E-state index < -0.39 is 65.5 Å². The summed E-state index contributed by atoms with van der Waals surface area (Å²) < 4.78 is 71.4. The molecule has 35 nitrogen and oxygen atoms in total. The van der Waals surface area contributed by atoms with Crippen LogP contribution in [0.5, 0.6) is 0 Å². The van der Waals surface area contributed by atoms with E-state index in [4.69, 9.17) is 56.8 Å². The number of fused-ring (bicyclic) bond motifs is 6. The van der Waals surface area contributed by atoms with Gasteiger partial charge in [0, 0.05) is 149 Å². The summed E-state index contributed by atoms with van der Waals surface area (Å²) in [5.74, 6) is -2.04. The quantitative estimate of drug-likeness (QED) is 0.0388. The van der Waals surface area contributed by atoms with Gasteiger partial charge < -0.3 is 120 Å². The van der Waals surface area contributed by atoms with Gasteiger partial charge in [-0.1, -0.05) is 59.3 Å². The van der Waals surface area contributed by atoms with Crippen molar-refractivity contribution in [2.24, 2.45) is 5.41 Å². The summed E-state index contributed by atoms with van der Waals surface area (Å²) in [6, 6.07) is -1.49. The number of nitrogens with one attached hydrogen (secondary N) is 10. The van der Waals surface area contributed by atoms with Crippen molar-refractivity contribution in [3.8, 4) is 0 Å². The monoisotopic (exact) mass is 1640 g/mol. The highest BCUT2D eigenvalue weighted by molar-refractivity contribution is 5.83. The number of Topliss-reactive ketones (excluding diaryl/α,β-unsaturated/α-hetero) is 1. The summed E-state index contributed by atoms with van der Waals surface area (Å²) in [5, 5.41) is 49.8. The fourth-order valence-corrected chi connectivity index (χ4v) is 14.4. The second kappa shape index (κ2) is 52.7. The third-order valence-electron chi connectivity index (χ3n) is 20.8. The van der Waals surface area contributed by atoms with Crippen molar-refractivity contribution in [3.05, 3.63) is 0 Å². The Labute approximate surface area is 678 Å². The minimum absolute atomic E-state index is 0.0354. The van der Waals surface area contributed by atoms with Gasteiger partial charge >= 0.3 is 0 Å². The molecule has 0 unspecified atom stereocenters. The molecule has 6 rings (SSSR count). The van der Waals surface area contributed by atoms with Crippen LogP contribution >= 0.6 is 0 Å². The second-order valence-corrected chi connectivity index (χ2v) is 32.7. The molecule has 658 valence electrons. The number of hydrogen-bond acceptors (Lipinski definition) is 25. The van der Waals surface area contributed by atoms with Crippen LogP contribution in [0.15, 0.2) is 0 Å². The van der Waals surface area contributed by atoms with Crippen molar-refractivity contribution >= 4 is 64.9 Å². The number of unbranched alkanes of at least 4 members (excludes halogenated alkanes) is 10. The van der Waals surface area contributed by atoms with E-state index in [0.29, 0.717) is 143 Å². The van der Waals surface area contributed by atoms with Gasteiger partial charge in [0.25, 0.3) is 0 Å². The average Bonchev–Trinajstić information content (AvgIpc) is 1.65. The van der Waals surface area contributed by atoms with Crippen LogP contribution in [0.1, 0.15) is 228 Å². The predicted molar refractivity (Wildman–Crippen MR) is 418 cm³/mol. The third-order valence-corrected chi connectivity index (χ3v) is 20.8. The Balaban J connectivity index is 0.913. The SMILES string of the molecule is CC(=O)N[C@H]1[C@@H]2OC[C@@](COCCCCC(=O)NCCCNC(=O)CCOCC(COCCC(=O)NCCCNC(=O)CCCCOC[C@@]34CO[C@H](O3)[C@H](NC(C)=O)[C@@H](O)C4)(COCCC(=O)NCCCNC(=O)CCCCOC[C@@]34CC[C@@H](NC(C)=O)[C@H](OC3)O4)NC(=O)CCCCCCCCCCC(=O)C(C)(C)C)(C[C@@H]1O)O2. The highest BCUT2D eigenvalue weighted by atomic mass is 16.8. The molecule has 6 heterocycles. The van der Waals surface area contributed by atoms with Gasteiger partial charge in [0.15, 0.2) is 18.9 Å². The minimum Gasteiger partial charge on any atom is -0.391 e. The van der Waals surface area contributed by atoms with Crippen LogP contribution in [0.4, 0.5) is 0 Å². The van der Waals surface area contributed by atoms with Gasteiger partial charge in [0.05, 0.1) is 97.5 Å². The first-order valence-electron chi connectivity index (χ1n) is 42.1. The van der Waals surface area contributed by atoms with E-state index in [1.165, 1.54) is 20.8 Å². The van der Waals surface area contributed by atoms with Gasteiger partial charge in [-0.25, -0.2) is 0 Å². The van der Waals surface area contributed by atoms with E-state index in [1.54, 1.807) is 0 Å². The molecule has 35 heteroatoms. The zero-order valence-corrected chi connectivity index (χ0v) is 69.3. The minimum atomic E-state index is -1.34. The molecule has 0 aromatic heterocycles. The summed E-state index contributed by atoms with van der Waals surface area (Å²) in [4.78, 5) is 138. The van der Waals surface area contributed by atoms with E-state index in [1.807, 2.05) is 20.8 Å². The Bertz CT molecular complexity index is 2880. The van der Waals surface area contributed by atoms with E-state index >= 15 is 0 Å². The lowest BCUT2D eigenvalue weighted by molar-refractivity contribution is -0.188. The number of amides is 10. The Hall–Kier alpha value is -6.19. The van der Waals surface area contributed by atoms with Crippen LogP contribution in [-0.4, -0.2) is 285 Å². The van der Waals surface area contributed by atoms with Crippen molar-refractivity contribution in [2.75, 3.05) is 138 Å². The first-order valence-corrected chi connectivity index (χ1v) is 42.1. The van der Waals surface area contributed by atoms with Gasteiger partial charge in [-0.15, -0.1) is 0 Å². The number of carbonyl (C=O) groups is 11. The zero-order chi connectivity index (χ0) is 83.4. The van der Waals surface area contributed by atoms with Gasteiger partial charge in [-0.2, -0.15) is 0 Å². The fourth-order valence-electron chi connectivity index (χ4n) is 14.4. The Morgan fingerprint density at radius 3 is 1.07 bits per heavy atom. The molecule has 11 atom stereocenters. The lowest BCUT2D eigenvalue weighted by Gasteiger charge is -2.38. The zero-order valence-electron chi connectivity index (χ0n) is 69.3. The normalized spacial score (nSPS) is 24.4. The lowest BCUT2D eigenvalue weighted by atomic mass is 9.88. The van der Waals surface area contributed by atoms with Gasteiger partial charge in [0.2, 0.25) is 59.1 Å². The molecule has 0 aromatic rings.